The van der Waals surface area contributed by atoms with Crippen LogP contribution in [0, 0.1) is 0 Å². The van der Waals surface area contributed by atoms with Gasteiger partial charge >= 0.3 is 0 Å². The van der Waals surface area contributed by atoms with Crippen LogP contribution in [0.4, 0.5) is 0 Å². The Hall–Kier alpha value is -5.46. The third-order valence-electron chi connectivity index (χ3n) is 21.1. The van der Waals surface area contributed by atoms with E-state index in [1.807, 2.05) is 0 Å². The molecule has 0 radical (unpaired) electrons. The lowest BCUT2D eigenvalue weighted by molar-refractivity contribution is 0.580. The molecule has 0 saturated heterocycles. The summed E-state index contributed by atoms with van der Waals surface area (Å²) in [5, 5.41) is 0. The Labute approximate surface area is 553 Å². The van der Waals surface area contributed by atoms with Crippen LogP contribution in [-0.4, -0.2) is 0 Å². The molecule has 0 N–H and O–H groups in total. The molecule has 7 aromatic rings. The smallest absolute Gasteiger partial charge is 0.00139 e. The van der Waals surface area contributed by atoms with Gasteiger partial charge in [-0.1, -0.05) is 383 Å². The molecular weight excluding hydrogens is 1080 g/mol. The summed E-state index contributed by atoms with van der Waals surface area (Å²) in [5.74, 6) is 2.99. The van der Waals surface area contributed by atoms with Crippen molar-refractivity contribution in [1.29, 1.82) is 0 Å². The molecule has 7 aromatic carbocycles. The van der Waals surface area contributed by atoms with E-state index in [9.17, 15) is 0 Å². The normalized spacial score (nSPS) is 13.7. The Bertz CT molecular complexity index is 2490. The number of benzene rings is 7. The van der Waals surface area contributed by atoms with Gasteiger partial charge in [0.25, 0.3) is 0 Å². The predicted molar refractivity (Wildman–Crippen MR) is 402 cm³/mol. The summed E-state index contributed by atoms with van der Waals surface area (Å²) >= 11 is 0. The molecule has 0 heterocycles. The molecule has 0 saturated carbocycles. The molecule has 6 atom stereocenters. The molecule has 0 fully saturated rings. The first-order valence-electron chi connectivity index (χ1n) is 37.8. The van der Waals surface area contributed by atoms with Gasteiger partial charge in [-0.25, -0.2) is 0 Å². The van der Waals surface area contributed by atoms with Crippen LogP contribution in [0.25, 0.3) is 66.8 Å². The molecule has 0 spiro atoms. The summed E-state index contributed by atoms with van der Waals surface area (Å²) in [7, 11) is 0. The van der Waals surface area contributed by atoms with Crippen molar-refractivity contribution in [2.45, 2.75) is 311 Å². The highest BCUT2D eigenvalue weighted by Crippen LogP contribution is 2.57. The third-order valence-corrected chi connectivity index (χ3v) is 21.1. The Morgan fingerprint density at radius 3 is 0.400 bits per heavy atom. The molecule has 6 unspecified atom stereocenters. The second-order valence-electron chi connectivity index (χ2n) is 28.5. The van der Waals surface area contributed by atoms with Crippen LogP contribution in [-0.2, 0) is 0 Å². The van der Waals surface area contributed by atoms with Crippen molar-refractivity contribution in [3.8, 4) is 66.8 Å². The molecule has 90 heavy (non-hydrogen) atoms. The van der Waals surface area contributed by atoms with Gasteiger partial charge in [0.2, 0.25) is 0 Å². The molecule has 0 aliphatic rings. The minimum absolute atomic E-state index is 0.499. The summed E-state index contributed by atoms with van der Waals surface area (Å²) in [6.07, 6.45) is 38.5. The molecule has 0 amide bonds. The van der Waals surface area contributed by atoms with Gasteiger partial charge < -0.3 is 0 Å². The van der Waals surface area contributed by atoms with E-state index in [2.05, 4.69) is 229 Å². The van der Waals surface area contributed by atoms with Crippen molar-refractivity contribution in [3.05, 3.63) is 179 Å². The number of hydrogen-bond donors (Lipinski definition) is 0. The summed E-state index contributed by atoms with van der Waals surface area (Å²) in [6, 6.07) is 60.3. The lowest BCUT2D eigenvalue weighted by Crippen LogP contribution is -2.04. The van der Waals surface area contributed by atoms with E-state index in [0.29, 0.717) is 35.5 Å². The molecule has 486 valence electrons. The van der Waals surface area contributed by atoms with Crippen molar-refractivity contribution >= 4 is 0 Å². The second-order valence-corrected chi connectivity index (χ2v) is 28.5. The quantitative estimate of drug-likeness (QED) is 0.0335. The Morgan fingerprint density at radius 1 is 0.167 bits per heavy atom. The Kier molecular flexibility index (Phi) is 31.3. The lowest BCUT2D eigenvalue weighted by Gasteiger charge is -2.30. The predicted octanol–water partition coefficient (Wildman–Crippen LogP) is 30.1. The molecule has 0 aliphatic heterocycles. The molecule has 0 aromatic heterocycles. The number of hydrogen-bond acceptors (Lipinski definition) is 0. The first-order chi connectivity index (χ1) is 44.0. The van der Waals surface area contributed by atoms with Crippen molar-refractivity contribution < 1.29 is 0 Å². The van der Waals surface area contributed by atoms with E-state index in [1.165, 1.54) is 293 Å². The van der Waals surface area contributed by atoms with Crippen molar-refractivity contribution in [2.24, 2.45) is 0 Å². The highest BCUT2D eigenvalue weighted by Gasteiger charge is 2.30. The summed E-state index contributed by atoms with van der Waals surface area (Å²) in [6.45, 7) is 28.7. The molecule has 0 bridgehead atoms. The monoisotopic (exact) mass is 1210 g/mol. The Morgan fingerprint density at radius 2 is 0.289 bits per heavy atom. The summed E-state index contributed by atoms with van der Waals surface area (Å²) in [5.41, 5.74) is 24.5. The van der Waals surface area contributed by atoms with Crippen molar-refractivity contribution in [2.75, 3.05) is 0 Å². The molecule has 0 aliphatic carbocycles. The highest BCUT2D eigenvalue weighted by molar-refractivity contribution is 6.15. The maximum atomic E-state index is 2.52. The van der Waals surface area contributed by atoms with Crippen LogP contribution in [0.3, 0.4) is 0 Å². The summed E-state index contributed by atoms with van der Waals surface area (Å²) in [4.78, 5) is 0. The van der Waals surface area contributed by atoms with Gasteiger partial charge in [-0.05, 0) is 174 Å². The first kappa shape index (κ1) is 72.0. The number of unbranched alkanes of at least 4 members (excludes halogenated alkanes) is 18. The van der Waals surface area contributed by atoms with E-state index in [1.54, 1.807) is 0 Å². The fourth-order valence-corrected chi connectivity index (χ4v) is 14.6. The van der Waals surface area contributed by atoms with Gasteiger partial charge in [0, 0.05) is 0 Å². The van der Waals surface area contributed by atoms with Gasteiger partial charge in [0.15, 0.2) is 0 Å². The van der Waals surface area contributed by atoms with Crippen LogP contribution in [0.15, 0.2) is 146 Å². The minimum atomic E-state index is 0.499. The van der Waals surface area contributed by atoms with E-state index in [-0.39, 0.29) is 0 Å². The van der Waals surface area contributed by atoms with Gasteiger partial charge in [-0.2, -0.15) is 0 Å². The van der Waals surface area contributed by atoms with Crippen LogP contribution in [0.5, 0.6) is 0 Å². The SMILES string of the molecule is CCCCCCC(C)c1ccc(-c2c(-c3ccc(C(C)CCCCCC)cc3)c(-c3ccc(C(C)CCCCCC)cc3)c(-c3ccc(C(C)CCCCCC)cc3)c(-c3ccc(C(C)CCCCCC)cc3)c2-c2ccc(C(C)CCCCCC)cc2)cc1. The minimum Gasteiger partial charge on any atom is -0.0654 e. The maximum Gasteiger partial charge on any atom is -0.00139 e. The van der Waals surface area contributed by atoms with E-state index in [4.69, 9.17) is 0 Å². The number of rotatable bonds is 42. The van der Waals surface area contributed by atoms with Gasteiger partial charge in [-0.15, -0.1) is 0 Å². The van der Waals surface area contributed by atoms with Crippen molar-refractivity contribution in [3.63, 3.8) is 0 Å². The standard InChI is InChI=1S/C90H126/c1-13-19-25-31-37-67(7)73-43-55-79(56-44-73)85-86(80-57-45-74(46-58-80)68(8)38-32-26-20-14-2)88(82-61-49-76(50-62-82)70(10)40-34-28-22-16-4)90(84-65-53-78(54-66-84)72(12)42-36-30-24-18-6)89(83-63-51-77(52-64-83)71(11)41-35-29-23-17-5)87(85)81-59-47-75(48-60-81)69(9)39-33-27-21-15-3/h43-72H,13-42H2,1-12H3. The zero-order valence-corrected chi connectivity index (χ0v) is 59.5. The topological polar surface area (TPSA) is 0 Å². The molecule has 0 heteroatoms. The lowest BCUT2D eigenvalue weighted by atomic mass is 9.73. The van der Waals surface area contributed by atoms with E-state index in [0.717, 1.165) is 0 Å². The van der Waals surface area contributed by atoms with Crippen LogP contribution >= 0.6 is 0 Å². The largest absolute Gasteiger partial charge is 0.0654 e. The molecule has 7 rings (SSSR count). The molecule has 0 nitrogen and oxygen atoms in total. The zero-order chi connectivity index (χ0) is 64.0. The Balaban J connectivity index is 1.62. The van der Waals surface area contributed by atoms with Gasteiger partial charge in [-0.3, -0.25) is 0 Å². The average molecular weight is 1210 g/mol. The summed E-state index contributed by atoms with van der Waals surface area (Å²) < 4.78 is 0. The van der Waals surface area contributed by atoms with Crippen LogP contribution in [0.1, 0.15) is 345 Å². The fraction of sp³-hybridized carbons (Fsp3) is 0.533. The fourth-order valence-electron chi connectivity index (χ4n) is 14.6. The van der Waals surface area contributed by atoms with E-state index < -0.39 is 0 Å². The van der Waals surface area contributed by atoms with Gasteiger partial charge in [0.05, 0.1) is 0 Å². The molecular formula is C90H126. The average Bonchev–Trinajstić information content (AvgIpc) is 0.721. The van der Waals surface area contributed by atoms with Gasteiger partial charge in [0.1, 0.15) is 0 Å². The zero-order valence-electron chi connectivity index (χ0n) is 59.5. The maximum absolute atomic E-state index is 2.52. The van der Waals surface area contributed by atoms with Crippen LogP contribution in [0.2, 0.25) is 0 Å². The highest BCUT2D eigenvalue weighted by atomic mass is 14.3. The second kappa shape index (κ2) is 39.2. The van der Waals surface area contributed by atoms with Crippen LogP contribution < -0.4 is 0 Å². The van der Waals surface area contributed by atoms with E-state index >= 15 is 0 Å². The van der Waals surface area contributed by atoms with Crippen molar-refractivity contribution in [1.82, 2.24) is 0 Å². The first-order valence-corrected chi connectivity index (χ1v) is 37.8. The third kappa shape index (κ3) is 20.8.